The van der Waals surface area contributed by atoms with Gasteiger partial charge in [-0.15, -0.1) is 0 Å². The van der Waals surface area contributed by atoms with Gasteiger partial charge < -0.3 is 10.1 Å². The number of benzene rings is 2. The number of anilines is 1. The minimum Gasteiger partial charge on any atom is -0.493 e. The number of ether oxygens (including phenoxy) is 1. The highest BCUT2D eigenvalue weighted by atomic mass is 127. The Kier molecular flexibility index (Phi) is 3.58. The standard InChI is InChI=1S/C17H13IN4O/c18-17-13-8-11(2-4-15(13)21-22-17)20-14-5-6-23-16-7-10(9-19)1-3-12(14)16/h1-4,7-8,14,20H,5-6H2,(H,21,22)/t14-/m1/s1. The zero-order chi connectivity index (χ0) is 15.8. The monoisotopic (exact) mass is 416 g/mol. The van der Waals surface area contributed by atoms with E-state index >= 15 is 0 Å². The Hall–Kier alpha value is -2.27. The lowest BCUT2D eigenvalue weighted by atomic mass is 9.98. The summed E-state index contributed by atoms with van der Waals surface area (Å²) in [5.41, 5.74) is 3.81. The summed E-state index contributed by atoms with van der Waals surface area (Å²) in [6.07, 6.45) is 0.888. The van der Waals surface area contributed by atoms with Gasteiger partial charge in [0.1, 0.15) is 9.45 Å². The highest BCUT2D eigenvalue weighted by molar-refractivity contribution is 14.1. The van der Waals surface area contributed by atoms with Crippen molar-refractivity contribution in [1.29, 1.82) is 5.26 Å². The third-order valence-corrected chi connectivity index (χ3v) is 4.86. The fourth-order valence-electron chi connectivity index (χ4n) is 2.88. The predicted octanol–water partition coefficient (Wildman–Crippen LogP) is 3.97. The first-order valence-electron chi connectivity index (χ1n) is 7.31. The van der Waals surface area contributed by atoms with Crippen LogP contribution in [0.2, 0.25) is 0 Å². The van der Waals surface area contributed by atoms with Crippen LogP contribution in [0.15, 0.2) is 36.4 Å². The van der Waals surface area contributed by atoms with Crippen LogP contribution in [0, 0.1) is 15.0 Å². The number of hydrogen-bond acceptors (Lipinski definition) is 4. The lowest BCUT2D eigenvalue weighted by Crippen LogP contribution is -2.20. The third kappa shape index (κ3) is 2.61. The number of nitrogens with one attached hydrogen (secondary N) is 2. The van der Waals surface area contributed by atoms with Crippen LogP contribution in [0.5, 0.6) is 5.75 Å². The molecule has 0 aliphatic carbocycles. The van der Waals surface area contributed by atoms with Crippen LogP contribution in [-0.4, -0.2) is 16.8 Å². The molecule has 1 aliphatic rings. The number of H-pyrrole nitrogens is 1. The molecule has 2 N–H and O–H groups in total. The quantitative estimate of drug-likeness (QED) is 0.620. The molecular formula is C17H13IN4O. The first-order valence-corrected chi connectivity index (χ1v) is 8.39. The van der Waals surface area contributed by atoms with E-state index in [0.717, 1.165) is 38.0 Å². The van der Waals surface area contributed by atoms with Crippen molar-refractivity contribution in [2.24, 2.45) is 0 Å². The Labute approximate surface area is 146 Å². The summed E-state index contributed by atoms with van der Waals surface area (Å²) in [4.78, 5) is 0. The first-order chi connectivity index (χ1) is 11.2. The van der Waals surface area contributed by atoms with Crippen molar-refractivity contribution >= 4 is 39.2 Å². The molecule has 0 saturated carbocycles. The highest BCUT2D eigenvalue weighted by Gasteiger charge is 2.22. The second-order valence-corrected chi connectivity index (χ2v) is 6.50. The molecule has 5 nitrogen and oxygen atoms in total. The maximum atomic E-state index is 9.02. The van der Waals surface area contributed by atoms with Gasteiger partial charge in [0.05, 0.1) is 29.8 Å². The second-order valence-electron chi connectivity index (χ2n) is 5.47. The molecule has 2 heterocycles. The number of hydrogen-bond donors (Lipinski definition) is 2. The number of fused-ring (bicyclic) bond motifs is 2. The van der Waals surface area contributed by atoms with E-state index in [0.29, 0.717) is 12.2 Å². The molecule has 0 saturated heterocycles. The number of aromatic nitrogens is 2. The van der Waals surface area contributed by atoms with Crippen LogP contribution >= 0.6 is 22.6 Å². The van der Waals surface area contributed by atoms with Gasteiger partial charge in [0.15, 0.2) is 0 Å². The predicted molar refractivity (Wildman–Crippen MR) is 96.4 cm³/mol. The van der Waals surface area contributed by atoms with Gasteiger partial charge in [-0.05, 0) is 52.9 Å². The third-order valence-electron chi connectivity index (χ3n) is 4.04. The Balaban J connectivity index is 1.66. The van der Waals surface area contributed by atoms with Gasteiger partial charge in [-0.2, -0.15) is 10.4 Å². The van der Waals surface area contributed by atoms with Crippen LogP contribution in [-0.2, 0) is 0 Å². The number of halogens is 1. The summed E-state index contributed by atoms with van der Waals surface area (Å²) in [7, 11) is 0. The SMILES string of the molecule is N#Cc1ccc2c(c1)OCC[C@H]2Nc1ccc2[nH]nc(I)c2c1. The maximum absolute atomic E-state index is 9.02. The first kappa shape index (κ1) is 14.3. The average Bonchev–Trinajstić information content (AvgIpc) is 2.95. The molecule has 114 valence electrons. The van der Waals surface area contributed by atoms with Crippen molar-refractivity contribution in [3.05, 3.63) is 51.2 Å². The normalized spacial score (nSPS) is 16.4. The molecule has 1 atom stereocenters. The van der Waals surface area contributed by atoms with Crippen molar-refractivity contribution in [3.8, 4) is 11.8 Å². The van der Waals surface area contributed by atoms with Crippen LogP contribution in [0.25, 0.3) is 10.9 Å². The summed E-state index contributed by atoms with van der Waals surface area (Å²) in [6, 6.07) is 14.1. The molecule has 0 radical (unpaired) electrons. The van der Waals surface area contributed by atoms with Crippen molar-refractivity contribution in [2.75, 3.05) is 11.9 Å². The fraction of sp³-hybridized carbons (Fsp3) is 0.176. The van der Waals surface area contributed by atoms with E-state index in [1.165, 1.54) is 0 Å². The summed E-state index contributed by atoms with van der Waals surface area (Å²) in [5.74, 6) is 0.798. The molecule has 0 unspecified atom stereocenters. The number of nitriles is 1. The molecule has 0 spiro atoms. The summed E-state index contributed by atoms with van der Waals surface area (Å²) >= 11 is 2.23. The minimum absolute atomic E-state index is 0.175. The summed E-state index contributed by atoms with van der Waals surface area (Å²) in [6.45, 7) is 0.644. The van der Waals surface area contributed by atoms with Gasteiger partial charge in [0.25, 0.3) is 0 Å². The van der Waals surface area contributed by atoms with Crippen LogP contribution in [0.4, 0.5) is 5.69 Å². The van der Waals surface area contributed by atoms with Crippen molar-refractivity contribution < 1.29 is 4.74 Å². The summed E-state index contributed by atoms with van der Waals surface area (Å²) in [5, 5.41) is 20.9. The van der Waals surface area contributed by atoms with Crippen LogP contribution in [0.3, 0.4) is 0 Å². The topological polar surface area (TPSA) is 73.7 Å². The van der Waals surface area contributed by atoms with Crippen LogP contribution < -0.4 is 10.1 Å². The lowest BCUT2D eigenvalue weighted by molar-refractivity contribution is 0.274. The zero-order valence-electron chi connectivity index (χ0n) is 12.1. The number of nitrogens with zero attached hydrogens (tertiary/aromatic N) is 2. The molecular weight excluding hydrogens is 403 g/mol. The molecule has 1 aliphatic heterocycles. The van der Waals surface area contributed by atoms with Crippen molar-refractivity contribution in [3.63, 3.8) is 0 Å². The van der Waals surface area contributed by atoms with E-state index in [1.54, 1.807) is 0 Å². The molecule has 6 heteroatoms. The molecule has 0 fully saturated rings. The maximum Gasteiger partial charge on any atom is 0.131 e. The Morgan fingerprint density at radius 2 is 2.22 bits per heavy atom. The van der Waals surface area contributed by atoms with E-state index in [1.807, 2.05) is 24.3 Å². The van der Waals surface area contributed by atoms with Gasteiger partial charge >= 0.3 is 0 Å². The molecule has 0 amide bonds. The Morgan fingerprint density at radius 1 is 1.30 bits per heavy atom. The van der Waals surface area contributed by atoms with Gasteiger partial charge in [0, 0.05) is 23.1 Å². The van der Waals surface area contributed by atoms with E-state index in [2.05, 4.69) is 56.3 Å². The van der Waals surface area contributed by atoms with Gasteiger partial charge in [-0.3, -0.25) is 5.10 Å². The molecule has 1 aromatic heterocycles. The molecule has 3 aromatic rings. The largest absolute Gasteiger partial charge is 0.493 e. The molecule has 0 bridgehead atoms. The summed E-state index contributed by atoms with van der Waals surface area (Å²) < 4.78 is 6.67. The zero-order valence-corrected chi connectivity index (χ0v) is 14.3. The lowest BCUT2D eigenvalue weighted by Gasteiger charge is -2.27. The minimum atomic E-state index is 0.175. The van der Waals surface area contributed by atoms with E-state index in [4.69, 9.17) is 10.00 Å². The van der Waals surface area contributed by atoms with E-state index in [9.17, 15) is 0 Å². The molecule has 4 rings (SSSR count). The van der Waals surface area contributed by atoms with Gasteiger partial charge in [0.2, 0.25) is 0 Å². The van der Waals surface area contributed by atoms with E-state index < -0.39 is 0 Å². The van der Waals surface area contributed by atoms with Crippen molar-refractivity contribution in [2.45, 2.75) is 12.5 Å². The smallest absolute Gasteiger partial charge is 0.131 e. The Bertz CT molecular complexity index is 928. The van der Waals surface area contributed by atoms with Crippen molar-refractivity contribution in [1.82, 2.24) is 10.2 Å². The Morgan fingerprint density at radius 3 is 3.09 bits per heavy atom. The van der Waals surface area contributed by atoms with Gasteiger partial charge in [-0.25, -0.2) is 0 Å². The molecule has 2 aromatic carbocycles. The number of rotatable bonds is 2. The van der Waals surface area contributed by atoms with Gasteiger partial charge in [-0.1, -0.05) is 6.07 Å². The fourth-order valence-corrected chi connectivity index (χ4v) is 3.45. The van der Waals surface area contributed by atoms with Crippen LogP contribution in [0.1, 0.15) is 23.6 Å². The second kappa shape index (κ2) is 5.74. The van der Waals surface area contributed by atoms with E-state index in [-0.39, 0.29) is 6.04 Å². The highest BCUT2D eigenvalue weighted by Crippen LogP contribution is 2.35. The average molecular weight is 416 g/mol. The molecule has 23 heavy (non-hydrogen) atoms. The number of aromatic amines is 1.